The number of hydrogen-bond acceptors (Lipinski definition) is 5. The first-order valence-corrected chi connectivity index (χ1v) is 8.54. The first-order valence-electron chi connectivity index (χ1n) is 8.16. The van der Waals surface area contributed by atoms with E-state index in [0.717, 1.165) is 0 Å². The van der Waals surface area contributed by atoms with Crippen molar-refractivity contribution in [2.45, 2.75) is 6.92 Å². The van der Waals surface area contributed by atoms with Gasteiger partial charge in [0.2, 0.25) is 0 Å². The molecule has 2 aromatic rings. The number of hydrogen-bond donors (Lipinski definition) is 1. The third-order valence-electron chi connectivity index (χ3n) is 3.56. The van der Waals surface area contributed by atoms with Crippen molar-refractivity contribution in [3.05, 3.63) is 58.6 Å². The van der Waals surface area contributed by atoms with Gasteiger partial charge in [-0.3, -0.25) is 4.79 Å². The molecule has 0 aliphatic rings. The van der Waals surface area contributed by atoms with E-state index in [4.69, 9.17) is 25.8 Å². The number of nitrogens with one attached hydrogen (secondary N) is 1. The van der Waals surface area contributed by atoms with Crippen LogP contribution in [0, 0.1) is 0 Å². The summed E-state index contributed by atoms with van der Waals surface area (Å²) in [6, 6.07) is 11.6. The van der Waals surface area contributed by atoms with Crippen LogP contribution in [0.2, 0.25) is 5.02 Å². The Kier molecular flexibility index (Phi) is 7.25. The van der Waals surface area contributed by atoms with Gasteiger partial charge in [-0.2, -0.15) is 0 Å². The Hall–Kier alpha value is -2.99. The second kappa shape index (κ2) is 9.64. The quantitative estimate of drug-likeness (QED) is 0.336. The van der Waals surface area contributed by atoms with Crippen molar-refractivity contribution >= 4 is 35.2 Å². The van der Waals surface area contributed by atoms with Crippen LogP contribution in [0.1, 0.15) is 12.5 Å². The second-order valence-corrected chi connectivity index (χ2v) is 5.79. The minimum atomic E-state index is -0.717. The van der Waals surface area contributed by atoms with E-state index in [2.05, 4.69) is 5.32 Å². The van der Waals surface area contributed by atoms with Crippen LogP contribution in [0.5, 0.6) is 11.5 Å². The van der Waals surface area contributed by atoms with Crippen LogP contribution in [0.25, 0.3) is 6.08 Å². The molecule has 6 nitrogen and oxygen atoms in total. The van der Waals surface area contributed by atoms with Crippen molar-refractivity contribution < 1.29 is 23.8 Å². The van der Waals surface area contributed by atoms with Crippen LogP contribution < -0.4 is 14.8 Å². The smallest absolute Gasteiger partial charge is 0.343 e. The maximum Gasteiger partial charge on any atom is 0.343 e. The molecule has 0 aliphatic carbocycles. The van der Waals surface area contributed by atoms with E-state index < -0.39 is 11.9 Å². The fourth-order valence-corrected chi connectivity index (χ4v) is 2.39. The van der Waals surface area contributed by atoms with E-state index in [1.54, 1.807) is 49.4 Å². The summed E-state index contributed by atoms with van der Waals surface area (Å²) in [5, 5.41) is 3.22. The van der Waals surface area contributed by atoms with E-state index >= 15 is 0 Å². The van der Waals surface area contributed by atoms with Gasteiger partial charge in [-0.05, 0) is 42.8 Å². The highest BCUT2D eigenvalue weighted by Crippen LogP contribution is 2.30. The van der Waals surface area contributed by atoms with Crippen LogP contribution >= 0.6 is 11.6 Å². The molecule has 0 unspecified atom stereocenters. The minimum Gasteiger partial charge on any atom is -0.493 e. The van der Waals surface area contributed by atoms with Crippen LogP contribution in [0.15, 0.2) is 48.0 Å². The molecule has 0 aliphatic heterocycles. The van der Waals surface area contributed by atoms with Gasteiger partial charge in [0.05, 0.1) is 20.8 Å². The van der Waals surface area contributed by atoms with Crippen LogP contribution in [-0.2, 0) is 14.3 Å². The Balaban J connectivity index is 2.31. The highest BCUT2D eigenvalue weighted by Gasteiger charge is 2.20. The lowest BCUT2D eigenvalue weighted by atomic mass is 10.1. The van der Waals surface area contributed by atoms with Crippen LogP contribution in [-0.4, -0.2) is 32.7 Å². The minimum absolute atomic E-state index is 0.131. The molecule has 2 aromatic carbocycles. The first kappa shape index (κ1) is 20.3. The number of amides is 1. The van der Waals surface area contributed by atoms with Gasteiger partial charge >= 0.3 is 5.97 Å². The number of carbonyl (C=O) groups is 2. The van der Waals surface area contributed by atoms with E-state index in [9.17, 15) is 9.59 Å². The molecule has 0 aromatic heterocycles. The summed E-state index contributed by atoms with van der Waals surface area (Å²) >= 11 is 5.87. The molecule has 2 rings (SSSR count). The Morgan fingerprint density at radius 1 is 1.04 bits per heavy atom. The second-order valence-electron chi connectivity index (χ2n) is 5.35. The van der Waals surface area contributed by atoms with Gasteiger partial charge in [-0.15, -0.1) is 0 Å². The van der Waals surface area contributed by atoms with E-state index in [0.29, 0.717) is 27.8 Å². The highest BCUT2D eigenvalue weighted by atomic mass is 35.5. The van der Waals surface area contributed by atoms with Gasteiger partial charge < -0.3 is 19.5 Å². The number of esters is 1. The lowest BCUT2D eigenvalue weighted by Gasteiger charge is -2.12. The Bertz CT molecular complexity index is 846. The van der Waals surface area contributed by atoms with Crippen LogP contribution in [0.4, 0.5) is 5.69 Å². The maximum atomic E-state index is 12.7. The largest absolute Gasteiger partial charge is 0.493 e. The molecule has 0 saturated heterocycles. The molecule has 0 saturated carbocycles. The predicted molar refractivity (Wildman–Crippen MR) is 104 cm³/mol. The number of carbonyl (C=O) groups excluding carboxylic acids is 2. The van der Waals surface area contributed by atoms with Crippen molar-refractivity contribution in [1.29, 1.82) is 0 Å². The Morgan fingerprint density at radius 3 is 2.30 bits per heavy atom. The Labute approximate surface area is 162 Å². The molecule has 0 spiro atoms. The van der Waals surface area contributed by atoms with Crippen molar-refractivity contribution in [1.82, 2.24) is 0 Å². The lowest BCUT2D eigenvalue weighted by Crippen LogP contribution is -2.22. The monoisotopic (exact) mass is 389 g/mol. The number of anilines is 1. The zero-order valence-electron chi connectivity index (χ0n) is 15.2. The van der Waals surface area contributed by atoms with Gasteiger partial charge in [0.25, 0.3) is 5.91 Å². The average molecular weight is 390 g/mol. The number of methoxy groups -OCH3 is 2. The fraction of sp³-hybridized carbons (Fsp3) is 0.200. The van der Waals surface area contributed by atoms with Gasteiger partial charge in [-0.1, -0.05) is 23.7 Å². The normalized spacial score (nSPS) is 10.9. The van der Waals surface area contributed by atoms with Crippen molar-refractivity contribution in [2.75, 3.05) is 26.1 Å². The zero-order valence-corrected chi connectivity index (χ0v) is 16.0. The molecule has 27 heavy (non-hydrogen) atoms. The summed E-state index contributed by atoms with van der Waals surface area (Å²) in [5.74, 6) is -0.339. The molecule has 1 amide bonds. The molecule has 0 heterocycles. The van der Waals surface area contributed by atoms with Crippen LogP contribution in [0.3, 0.4) is 0 Å². The molecule has 1 N–H and O–H groups in total. The van der Waals surface area contributed by atoms with Crippen molar-refractivity contribution in [3.63, 3.8) is 0 Å². The molecule has 0 radical (unpaired) electrons. The number of halogens is 1. The van der Waals surface area contributed by atoms with E-state index in [1.165, 1.54) is 20.3 Å². The average Bonchev–Trinajstić information content (AvgIpc) is 2.67. The van der Waals surface area contributed by atoms with Gasteiger partial charge in [0.1, 0.15) is 5.57 Å². The molecule has 0 atom stereocenters. The summed E-state index contributed by atoms with van der Waals surface area (Å²) < 4.78 is 15.4. The summed E-state index contributed by atoms with van der Waals surface area (Å²) in [7, 11) is 3.01. The fourth-order valence-electron chi connectivity index (χ4n) is 2.26. The number of benzene rings is 2. The highest BCUT2D eigenvalue weighted by molar-refractivity contribution is 6.30. The topological polar surface area (TPSA) is 73.9 Å². The standard InChI is InChI=1S/C20H20ClNO5/c1-4-27-20(24)16(11-13-5-7-14(21)8-6-13)19(23)22-15-9-10-17(25-2)18(12-15)26-3/h5-12H,4H2,1-3H3,(H,22,23)/b16-11-. The Morgan fingerprint density at radius 2 is 1.70 bits per heavy atom. The van der Waals surface area contributed by atoms with Gasteiger partial charge in [-0.25, -0.2) is 4.79 Å². The van der Waals surface area contributed by atoms with Crippen molar-refractivity contribution in [2.24, 2.45) is 0 Å². The summed E-state index contributed by atoms with van der Waals surface area (Å²) in [4.78, 5) is 24.9. The third-order valence-corrected chi connectivity index (χ3v) is 3.81. The van der Waals surface area contributed by atoms with Gasteiger partial charge in [0.15, 0.2) is 11.5 Å². The predicted octanol–water partition coefficient (Wildman–Crippen LogP) is 3.94. The van der Waals surface area contributed by atoms with E-state index in [1.807, 2.05) is 0 Å². The van der Waals surface area contributed by atoms with E-state index in [-0.39, 0.29) is 12.2 Å². The SMILES string of the molecule is CCOC(=O)/C(=C\c1ccc(Cl)cc1)C(=O)Nc1ccc(OC)c(OC)c1. The maximum absolute atomic E-state index is 12.7. The summed E-state index contributed by atoms with van der Waals surface area (Å²) in [6.45, 7) is 1.82. The first-order chi connectivity index (χ1) is 13.0. The van der Waals surface area contributed by atoms with Crippen molar-refractivity contribution in [3.8, 4) is 11.5 Å². The van der Waals surface area contributed by atoms with Gasteiger partial charge in [0, 0.05) is 16.8 Å². The zero-order chi connectivity index (χ0) is 19.8. The molecule has 0 fully saturated rings. The number of ether oxygens (including phenoxy) is 3. The third kappa shape index (κ3) is 5.49. The molecule has 7 heteroatoms. The summed E-state index contributed by atoms with van der Waals surface area (Å²) in [6.07, 6.45) is 1.45. The molecular formula is C20H20ClNO5. The molecule has 142 valence electrons. The lowest BCUT2D eigenvalue weighted by molar-refractivity contribution is -0.139. The summed E-state index contributed by atoms with van der Waals surface area (Å²) in [5.41, 5.74) is 0.961. The number of rotatable bonds is 7. The molecule has 0 bridgehead atoms. The molecular weight excluding hydrogens is 370 g/mol.